The number of nitrogens with one attached hydrogen (secondary N) is 2. The molecule has 0 aliphatic rings. The van der Waals surface area contributed by atoms with E-state index in [0.717, 1.165) is 0 Å². The van der Waals surface area contributed by atoms with E-state index in [1.54, 1.807) is 30.3 Å². The van der Waals surface area contributed by atoms with Crippen LogP contribution in [-0.4, -0.2) is 22.6 Å². The molecule has 0 fully saturated rings. The smallest absolute Gasteiger partial charge is 0.326 e. The van der Waals surface area contributed by atoms with Gasteiger partial charge in [0.15, 0.2) is 0 Å². The monoisotopic (exact) mass is 297 g/mol. The Morgan fingerprint density at radius 1 is 1.18 bits per heavy atom. The molecule has 0 spiro atoms. The molecule has 3 aromatic rings. The van der Waals surface area contributed by atoms with Crippen LogP contribution in [0.4, 0.5) is 5.69 Å². The van der Waals surface area contributed by atoms with Gasteiger partial charge in [0.25, 0.3) is 0 Å². The van der Waals surface area contributed by atoms with E-state index in [1.807, 2.05) is 18.2 Å². The third-order valence-corrected chi connectivity index (χ3v) is 3.36. The van der Waals surface area contributed by atoms with E-state index in [4.69, 9.17) is 4.74 Å². The lowest BCUT2D eigenvalue weighted by molar-refractivity contribution is -0.116. The Kier molecular flexibility index (Phi) is 3.65. The number of aromatic nitrogens is 2. The molecule has 1 heterocycles. The minimum absolute atomic E-state index is 0.0686. The molecule has 6 heteroatoms. The van der Waals surface area contributed by atoms with Crippen molar-refractivity contribution in [3.8, 4) is 5.75 Å². The number of methoxy groups -OCH3 is 1. The van der Waals surface area contributed by atoms with Gasteiger partial charge in [0.05, 0.1) is 23.8 Å². The fourth-order valence-electron chi connectivity index (χ4n) is 2.35. The highest BCUT2D eigenvalue weighted by atomic mass is 16.5. The van der Waals surface area contributed by atoms with Crippen molar-refractivity contribution in [2.24, 2.45) is 0 Å². The molecule has 2 aromatic carbocycles. The highest BCUT2D eigenvalue weighted by molar-refractivity contribution is 5.93. The molecule has 0 aliphatic heterocycles. The number of fused-ring (bicyclic) bond motifs is 1. The molecule has 1 aromatic heterocycles. The zero-order valence-electron chi connectivity index (χ0n) is 12.0. The molecule has 0 saturated carbocycles. The average Bonchev–Trinajstić information content (AvgIpc) is 2.84. The molecule has 112 valence electrons. The Morgan fingerprint density at radius 2 is 1.91 bits per heavy atom. The molecule has 0 unspecified atom stereocenters. The van der Waals surface area contributed by atoms with Gasteiger partial charge < -0.3 is 15.0 Å². The van der Waals surface area contributed by atoms with Crippen molar-refractivity contribution < 1.29 is 9.53 Å². The lowest BCUT2D eigenvalue weighted by Crippen LogP contribution is -2.26. The van der Waals surface area contributed by atoms with Crippen molar-refractivity contribution in [1.82, 2.24) is 9.55 Å². The van der Waals surface area contributed by atoms with Crippen molar-refractivity contribution in [2.45, 2.75) is 6.54 Å². The first-order chi connectivity index (χ1) is 10.7. The number of anilines is 1. The van der Waals surface area contributed by atoms with Gasteiger partial charge in [-0.2, -0.15) is 0 Å². The molecule has 0 bridgehead atoms. The number of rotatable bonds is 4. The number of imidazole rings is 1. The Morgan fingerprint density at radius 3 is 2.73 bits per heavy atom. The lowest BCUT2D eigenvalue weighted by Gasteiger charge is -2.10. The minimum atomic E-state index is -0.309. The second-order valence-electron chi connectivity index (χ2n) is 4.78. The highest BCUT2D eigenvalue weighted by Crippen LogP contribution is 2.23. The first-order valence-electron chi connectivity index (χ1n) is 6.79. The second kappa shape index (κ2) is 5.77. The summed E-state index contributed by atoms with van der Waals surface area (Å²) in [7, 11) is 1.54. The summed E-state index contributed by atoms with van der Waals surface area (Å²) in [6.45, 7) is -0.0686. The van der Waals surface area contributed by atoms with Crippen LogP contribution in [0.3, 0.4) is 0 Å². The summed E-state index contributed by atoms with van der Waals surface area (Å²) in [6, 6.07) is 14.4. The molecule has 22 heavy (non-hydrogen) atoms. The van der Waals surface area contributed by atoms with E-state index in [2.05, 4.69) is 10.3 Å². The highest BCUT2D eigenvalue weighted by Gasteiger charge is 2.12. The lowest BCUT2D eigenvalue weighted by atomic mass is 10.3. The molecule has 1 amide bonds. The summed E-state index contributed by atoms with van der Waals surface area (Å²) in [5.41, 5.74) is 1.67. The Bertz CT molecular complexity index is 879. The average molecular weight is 297 g/mol. The van der Waals surface area contributed by atoms with Crippen molar-refractivity contribution in [3.05, 3.63) is 59.0 Å². The fourth-order valence-corrected chi connectivity index (χ4v) is 2.35. The molecule has 3 rings (SSSR count). The maximum atomic E-state index is 12.2. The fraction of sp³-hybridized carbons (Fsp3) is 0.125. The zero-order valence-corrected chi connectivity index (χ0v) is 12.0. The van der Waals surface area contributed by atoms with Crippen molar-refractivity contribution >= 4 is 22.6 Å². The number of H-pyrrole nitrogens is 1. The molecule has 2 N–H and O–H groups in total. The number of nitrogens with zero attached hydrogens (tertiary/aromatic N) is 1. The Labute approximate surface area is 126 Å². The van der Waals surface area contributed by atoms with Crippen LogP contribution in [0.5, 0.6) is 5.75 Å². The number of hydrogen-bond acceptors (Lipinski definition) is 3. The number of benzene rings is 2. The van der Waals surface area contributed by atoms with E-state index in [9.17, 15) is 9.59 Å². The van der Waals surface area contributed by atoms with Gasteiger partial charge in [-0.3, -0.25) is 9.36 Å². The number of carbonyl (C=O) groups is 1. The third kappa shape index (κ3) is 2.58. The van der Waals surface area contributed by atoms with Gasteiger partial charge in [-0.05, 0) is 24.3 Å². The molecular weight excluding hydrogens is 282 g/mol. The summed E-state index contributed by atoms with van der Waals surface area (Å²) >= 11 is 0. The van der Waals surface area contributed by atoms with Crippen LogP contribution in [0, 0.1) is 0 Å². The first kappa shape index (κ1) is 13.9. The van der Waals surface area contributed by atoms with Crippen molar-refractivity contribution in [3.63, 3.8) is 0 Å². The minimum Gasteiger partial charge on any atom is -0.495 e. The van der Waals surface area contributed by atoms with Gasteiger partial charge in [-0.15, -0.1) is 0 Å². The van der Waals surface area contributed by atoms with Crippen LogP contribution in [0.25, 0.3) is 11.0 Å². The van der Waals surface area contributed by atoms with Gasteiger partial charge in [0.1, 0.15) is 12.3 Å². The van der Waals surface area contributed by atoms with E-state index < -0.39 is 0 Å². The summed E-state index contributed by atoms with van der Waals surface area (Å²) in [4.78, 5) is 26.9. The van der Waals surface area contributed by atoms with E-state index >= 15 is 0 Å². The number of ether oxygens (including phenoxy) is 1. The largest absolute Gasteiger partial charge is 0.495 e. The maximum Gasteiger partial charge on any atom is 0.326 e. The van der Waals surface area contributed by atoms with Gasteiger partial charge in [-0.25, -0.2) is 4.79 Å². The van der Waals surface area contributed by atoms with Crippen molar-refractivity contribution in [2.75, 3.05) is 12.4 Å². The van der Waals surface area contributed by atoms with Gasteiger partial charge in [-0.1, -0.05) is 24.3 Å². The van der Waals surface area contributed by atoms with Crippen LogP contribution in [-0.2, 0) is 11.3 Å². The predicted octanol–water partition coefficient (Wildman–Crippen LogP) is 1.98. The first-order valence-corrected chi connectivity index (χ1v) is 6.79. The van der Waals surface area contributed by atoms with Crippen LogP contribution < -0.4 is 15.7 Å². The van der Waals surface area contributed by atoms with Crippen LogP contribution in [0.1, 0.15) is 0 Å². The summed E-state index contributed by atoms with van der Waals surface area (Å²) in [6.07, 6.45) is 0. The molecule has 0 radical (unpaired) electrons. The molecule has 0 aliphatic carbocycles. The Hall–Kier alpha value is -3.02. The van der Waals surface area contributed by atoms with Gasteiger partial charge in [0.2, 0.25) is 5.91 Å². The normalized spacial score (nSPS) is 10.6. The van der Waals surface area contributed by atoms with Crippen LogP contribution in [0.15, 0.2) is 53.3 Å². The molecular formula is C16H15N3O3. The summed E-state index contributed by atoms with van der Waals surface area (Å²) < 4.78 is 6.59. The number of carbonyl (C=O) groups excluding carboxylic acids is 1. The number of para-hydroxylation sites is 4. The third-order valence-electron chi connectivity index (χ3n) is 3.36. The zero-order chi connectivity index (χ0) is 15.5. The van der Waals surface area contributed by atoms with E-state index in [-0.39, 0.29) is 18.1 Å². The topological polar surface area (TPSA) is 76.1 Å². The standard InChI is InChI=1S/C16H15N3O3/c1-22-14-9-5-3-7-12(14)17-15(20)10-19-13-8-4-2-6-11(13)18-16(19)21/h2-9H,10H2,1H3,(H,17,20)(H,18,21). The second-order valence-corrected chi connectivity index (χ2v) is 4.78. The van der Waals surface area contributed by atoms with Crippen LogP contribution >= 0.6 is 0 Å². The van der Waals surface area contributed by atoms with Gasteiger partial charge >= 0.3 is 5.69 Å². The molecule has 0 saturated heterocycles. The quantitative estimate of drug-likeness (QED) is 0.773. The number of aromatic amines is 1. The predicted molar refractivity (Wildman–Crippen MR) is 84.2 cm³/mol. The maximum absolute atomic E-state index is 12.2. The number of amides is 1. The molecule has 6 nitrogen and oxygen atoms in total. The van der Waals surface area contributed by atoms with E-state index in [0.29, 0.717) is 22.5 Å². The van der Waals surface area contributed by atoms with E-state index in [1.165, 1.54) is 11.7 Å². The van der Waals surface area contributed by atoms with Crippen LogP contribution in [0.2, 0.25) is 0 Å². The summed E-state index contributed by atoms with van der Waals surface area (Å²) in [5.74, 6) is 0.276. The summed E-state index contributed by atoms with van der Waals surface area (Å²) in [5, 5.41) is 2.75. The van der Waals surface area contributed by atoms with Gasteiger partial charge in [0, 0.05) is 0 Å². The number of hydrogen-bond donors (Lipinski definition) is 2. The SMILES string of the molecule is COc1ccccc1NC(=O)Cn1c(=O)[nH]c2ccccc21. The Balaban J connectivity index is 1.85. The van der Waals surface area contributed by atoms with Crippen molar-refractivity contribution in [1.29, 1.82) is 0 Å². The molecule has 0 atom stereocenters.